The lowest BCUT2D eigenvalue weighted by molar-refractivity contribution is -0.121. The molecule has 1 aliphatic heterocycles. The van der Waals surface area contributed by atoms with Crippen molar-refractivity contribution in [3.8, 4) is 0 Å². The van der Waals surface area contributed by atoms with Crippen LogP contribution in [0.2, 0.25) is 0 Å². The van der Waals surface area contributed by atoms with Crippen molar-refractivity contribution in [2.45, 2.75) is 52.1 Å². The molecular formula is C21H30N2O. The van der Waals surface area contributed by atoms with E-state index in [-0.39, 0.29) is 5.91 Å². The molecule has 0 aromatic heterocycles. The molecule has 0 bridgehead atoms. The first kappa shape index (κ1) is 17.2. The quantitative estimate of drug-likeness (QED) is 0.804. The van der Waals surface area contributed by atoms with Gasteiger partial charge < -0.3 is 5.32 Å². The Morgan fingerprint density at radius 3 is 2.50 bits per heavy atom. The molecule has 0 spiro atoms. The SMILES string of the molecule is CC1CCN(Cc2ccc(CNC(=O)C[C@@H]3C=CCC3)cc2)CC1. The Morgan fingerprint density at radius 1 is 1.12 bits per heavy atom. The molecule has 0 radical (unpaired) electrons. The third-order valence-corrected chi connectivity index (χ3v) is 5.36. The van der Waals surface area contributed by atoms with E-state index >= 15 is 0 Å². The number of amides is 1. The van der Waals surface area contributed by atoms with Crippen LogP contribution in [-0.2, 0) is 17.9 Å². The molecule has 130 valence electrons. The van der Waals surface area contributed by atoms with Gasteiger partial charge in [-0.05, 0) is 61.7 Å². The van der Waals surface area contributed by atoms with E-state index in [2.05, 4.69) is 53.6 Å². The number of carbonyl (C=O) groups excluding carboxylic acids is 1. The minimum Gasteiger partial charge on any atom is -0.352 e. The van der Waals surface area contributed by atoms with E-state index in [1.807, 2.05) is 0 Å². The van der Waals surface area contributed by atoms with E-state index in [0.29, 0.717) is 18.9 Å². The summed E-state index contributed by atoms with van der Waals surface area (Å²) in [5.41, 5.74) is 2.55. The molecule has 1 amide bonds. The summed E-state index contributed by atoms with van der Waals surface area (Å²) in [4.78, 5) is 14.5. The molecule has 1 aromatic rings. The second-order valence-corrected chi connectivity index (χ2v) is 7.52. The first-order valence-corrected chi connectivity index (χ1v) is 9.42. The number of nitrogens with one attached hydrogen (secondary N) is 1. The number of allylic oxidation sites excluding steroid dienone is 2. The number of carbonyl (C=O) groups is 1. The van der Waals surface area contributed by atoms with Gasteiger partial charge in [0.05, 0.1) is 0 Å². The highest BCUT2D eigenvalue weighted by Gasteiger charge is 2.16. The minimum atomic E-state index is 0.165. The van der Waals surface area contributed by atoms with Gasteiger partial charge in [0.25, 0.3) is 0 Å². The van der Waals surface area contributed by atoms with Crippen molar-refractivity contribution < 1.29 is 4.79 Å². The zero-order chi connectivity index (χ0) is 16.8. The molecule has 1 aromatic carbocycles. The lowest BCUT2D eigenvalue weighted by Gasteiger charge is -2.30. The summed E-state index contributed by atoms with van der Waals surface area (Å²) in [5, 5.41) is 3.05. The lowest BCUT2D eigenvalue weighted by atomic mass is 9.99. The van der Waals surface area contributed by atoms with Crippen LogP contribution in [0.1, 0.15) is 50.2 Å². The van der Waals surface area contributed by atoms with Gasteiger partial charge in [0.2, 0.25) is 5.91 Å². The zero-order valence-corrected chi connectivity index (χ0v) is 14.8. The molecule has 3 heteroatoms. The van der Waals surface area contributed by atoms with Crippen LogP contribution in [0.5, 0.6) is 0 Å². The first-order chi connectivity index (χ1) is 11.7. The minimum absolute atomic E-state index is 0.165. The number of piperidine rings is 1. The number of rotatable bonds is 6. The third kappa shape index (κ3) is 5.20. The van der Waals surface area contributed by atoms with Gasteiger partial charge in [0.1, 0.15) is 0 Å². The Balaban J connectivity index is 1.41. The number of hydrogen-bond donors (Lipinski definition) is 1. The van der Waals surface area contributed by atoms with E-state index in [0.717, 1.165) is 25.3 Å². The molecule has 24 heavy (non-hydrogen) atoms. The summed E-state index contributed by atoms with van der Waals surface area (Å²) in [7, 11) is 0. The maximum Gasteiger partial charge on any atom is 0.220 e. The van der Waals surface area contributed by atoms with Crippen LogP contribution in [0.3, 0.4) is 0 Å². The fourth-order valence-electron chi connectivity index (χ4n) is 3.62. The van der Waals surface area contributed by atoms with Crippen LogP contribution in [0.15, 0.2) is 36.4 Å². The van der Waals surface area contributed by atoms with Gasteiger partial charge in [-0.1, -0.05) is 43.3 Å². The Hall–Kier alpha value is -1.61. The first-order valence-electron chi connectivity index (χ1n) is 9.42. The smallest absolute Gasteiger partial charge is 0.220 e. The van der Waals surface area contributed by atoms with Gasteiger partial charge >= 0.3 is 0 Å². The van der Waals surface area contributed by atoms with E-state index in [4.69, 9.17) is 0 Å². The molecule has 3 rings (SSSR count). The zero-order valence-electron chi connectivity index (χ0n) is 14.8. The summed E-state index contributed by atoms with van der Waals surface area (Å²) >= 11 is 0. The van der Waals surface area contributed by atoms with E-state index < -0.39 is 0 Å². The average Bonchev–Trinajstić information content (AvgIpc) is 3.09. The van der Waals surface area contributed by atoms with Crippen LogP contribution in [0.25, 0.3) is 0 Å². The van der Waals surface area contributed by atoms with Gasteiger partial charge in [-0.2, -0.15) is 0 Å². The van der Waals surface area contributed by atoms with E-state index in [1.165, 1.54) is 37.1 Å². The predicted molar refractivity (Wildman–Crippen MR) is 98.4 cm³/mol. The Morgan fingerprint density at radius 2 is 1.83 bits per heavy atom. The third-order valence-electron chi connectivity index (χ3n) is 5.36. The summed E-state index contributed by atoms with van der Waals surface area (Å²) < 4.78 is 0. The van der Waals surface area contributed by atoms with Crippen LogP contribution >= 0.6 is 0 Å². The maximum absolute atomic E-state index is 12.0. The highest BCUT2D eigenvalue weighted by molar-refractivity contribution is 5.76. The van der Waals surface area contributed by atoms with Gasteiger partial charge in [-0.25, -0.2) is 0 Å². The topological polar surface area (TPSA) is 32.3 Å². The molecule has 2 aliphatic rings. The molecule has 1 N–H and O–H groups in total. The van der Waals surface area contributed by atoms with Crippen LogP contribution in [-0.4, -0.2) is 23.9 Å². The molecule has 0 saturated carbocycles. The summed E-state index contributed by atoms with van der Waals surface area (Å²) in [5.74, 6) is 1.49. The van der Waals surface area contributed by atoms with Crippen molar-refractivity contribution in [3.63, 3.8) is 0 Å². The molecule has 3 nitrogen and oxygen atoms in total. The molecule has 0 unspecified atom stereocenters. The highest BCUT2D eigenvalue weighted by Crippen LogP contribution is 2.20. The van der Waals surface area contributed by atoms with Crippen molar-refractivity contribution in [1.29, 1.82) is 0 Å². The van der Waals surface area contributed by atoms with Crippen molar-refractivity contribution in [2.24, 2.45) is 11.8 Å². The van der Waals surface area contributed by atoms with Crippen LogP contribution < -0.4 is 5.32 Å². The maximum atomic E-state index is 12.0. The van der Waals surface area contributed by atoms with Crippen molar-refractivity contribution >= 4 is 5.91 Å². The molecule has 1 fully saturated rings. The summed E-state index contributed by atoms with van der Waals surface area (Å²) in [6, 6.07) is 8.72. The number of hydrogen-bond acceptors (Lipinski definition) is 2. The van der Waals surface area contributed by atoms with Crippen molar-refractivity contribution in [2.75, 3.05) is 13.1 Å². The second kappa shape index (κ2) is 8.48. The molecule has 1 saturated heterocycles. The highest BCUT2D eigenvalue weighted by atomic mass is 16.1. The summed E-state index contributed by atoms with van der Waals surface area (Å²) in [6.07, 6.45) is 9.87. The summed E-state index contributed by atoms with van der Waals surface area (Å²) in [6.45, 7) is 6.47. The number of likely N-dealkylation sites (tertiary alicyclic amines) is 1. The molecule has 1 atom stereocenters. The normalized spacial score (nSPS) is 22.0. The second-order valence-electron chi connectivity index (χ2n) is 7.52. The molecule has 1 aliphatic carbocycles. The van der Waals surface area contributed by atoms with E-state index in [9.17, 15) is 4.79 Å². The largest absolute Gasteiger partial charge is 0.352 e. The monoisotopic (exact) mass is 326 g/mol. The van der Waals surface area contributed by atoms with Gasteiger partial charge in [0, 0.05) is 19.5 Å². The lowest BCUT2D eigenvalue weighted by Crippen LogP contribution is -2.32. The Kier molecular flexibility index (Phi) is 6.08. The number of nitrogens with zero attached hydrogens (tertiary/aromatic N) is 1. The standard InChI is InChI=1S/C21H30N2O/c1-17-10-12-23(13-11-17)16-20-8-6-19(7-9-20)15-22-21(24)14-18-4-2-3-5-18/h2,4,6-9,17-18H,3,5,10-16H2,1H3,(H,22,24)/t18-/m1/s1. The van der Waals surface area contributed by atoms with Crippen molar-refractivity contribution in [1.82, 2.24) is 10.2 Å². The fraction of sp³-hybridized carbons (Fsp3) is 0.571. The van der Waals surface area contributed by atoms with Gasteiger partial charge in [0.15, 0.2) is 0 Å². The molecule has 1 heterocycles. The average molecular weight is 326 g/mol. The van der Waals surface area contributed by atoms with Gasteiger partial charge in [-0.3, -0.25) is 9.69 Å². The van der Waals surface area contributed by atoms with Crippen LogP contribution in [0.4, 0.5) is 0 Å². The van der Waals surface area contributed by atoms with Gasteiger partial charge in [-0.15, -0.1) is 0 Å². The predicted octanol–water partition coefficient (Wildman–Crippen LogP) is 3.89. The van der Waals surface area contributed by atoms with Crippen molar-refractivity contribution in [3.05, 3.63) is 47.5 Å². The fourth-order valence-corrected chi connectivity index (χ4v) is 3.62. The molecular weight excluding hydrogens is 296 g/mol. The van der Waals surface area contributed by atoms with E-state index in [1.54, 1.807) is 0 Å². The Bertz CT molecular complexity index is 556. The Labute approximate surface area is 146 Å². The van der Waals surface area contributed by atoms with Crippen LogP contribution in [0, 0.1) is 11.8 Å². The number of benzene rings is 1.